The van der Waals surface area contributed by atoms with Crippen molar-refractivity contribution in [3.8, 4) is 0 Å². The summed E-state index contributed by atoms with van der Waals surface area (Å²) in [6, 6.07) is 1.02. The summed E-state index contributed by atoms with van der Waals surface area (Å²) in [7, 11) is 0. The second-order valence-corrected chi connectivity index (χ2v) is 3.91. The van der Waals surface area contributed by atoms with Gasteiger partial charge in [-0.15, -0.1) is 0 Å². The zero-order valence-corrected chi connectivity index (χ0v) is 10.2. The van der Waals surface area contributed by atoms with Gasteiger partial charge in [-0.1, -0.05) is 27.5 Å². The van der Waals surface area contributed by atoms with Gasteiger partial charge in [-0.3, -0.25) is 9.78 Å². The minimum Gasteiger partial charge on any atom is -0.481 e. The fourth-order valence-electron chi connectivity index (χ4n) is 1.16. The maximum absolute atomic E-state index is 12.6. The fraction of sp³-hybridized carbons (Fsp3) is 0.333. The van der Waals surface area contributed by atoms with Crippen LogP contribution in [0.2, 0.25) is 5.02 Å². The van der Waals surface area contributed by atoms with E-state index in [1.807, 2.05) is 0 Å². The maximum atomic E-state index is 12.6. The summed E-state index contributed by atoms with van der Waals surface area (Å²) in [6.07, 6.45) is -3.16. The van der Waals surface area contributed by atoms with E-state index in [2.05, 4.69) is 20.9 Å². The molecule has 1 aromatic heterocycles. The number of pyridine rings is 1. The zero-order valence-electron chi connectivity index (χ0n) is 7.88. The molecule has 0 saturated carbocycles. The summed E-state index contributed by atoms with van der Waals surface area (Å²) in [5.41, 5.74) is -0.0975. The van der Waals surface area contributed by atoms with Crippen molar-refractivity contribution >= 4 is 33.5 Å². The summed E-state index contributed by atoms with van der Waals surface area (Å²) in [6.45, 7) is 0. The molecular formula is C9H7BrClF2NO2. The number of hydrogen-bond donors (Lipinski definition) is 1. The quantitative estimate of drug-likeness (QED) is 0.868. The van der Waals surface area contributed by atoms with Crippen LogP contribution in [0.25, 0.3) is 0 Å². The van der Waals surface area contributed by atoms with Crippen molar-refractivity contribution in [3.05, 3.63) is 28.0 Å². The largest absolute Gasteiger partial charge is 0.481 e. The normalized spacial score (nSPS) is 10.8. The minimum atomic E-state index is -2.75. The summed E-state index contributed by atoms with van der Waals surface area (Å²) < 4.78 is 25.2. The van der Waals surface area contributed by atoms with Crippen molar-refractivity contribution in [3.63, 3.8) is 0 Å². The molecule has 0 atom stereocenters. The number of rotatable bonds is 4. The first-order chi connectivity index (χ1) is 7.45. The van der Waals surface area contributed by atoms with E-state index in [0.29, 0.717) is 0 Å². The zero-order chi connectivity index (χ0) is 12.3. The number of aromatic nitrogens is 1. The number of hydrogen-bond acceptors (Lipinski definition) is 2. The van der Waals surface area contributed by atoms with Crippen LogP contribution < -0.4 is 0 Å². The van der Waals surface area contributed by atoms with Gasteiger partial charge in [-0.25, -0.2) is 8.78 Å². The number of halogens is 4. The van der Waals surface area contributed by atoms with E-state index < -0.39 is 18.8 Å². The number of carboxylic acids is 1. The highest BCUT2D eigenvalue weighted by Crippen LogP contribution is 2.30. The molecule has 1 rings (SSSR count). The van der Waals surface area contributed by atoms with Gasteiger partial charge in [-0.2, -0.15) is 0 Å². The van der Waals surface area contributed by atoms with Crippen molar-refractivity contribution in [2.24, 2.45) is 0 Å². The Morgan fingerprint density at radius 3 is 2.69 bits per heavy atom. The molecule has 88 valence electrons. The predicted molar refractivity (Wildman–Crippen MR) is 58.2 cm³/mol. The Morgan fingerprint density at radius 1 is 1.62 bits per heavy atom. The van der Waals surface area contributed by atoms with Gasteiger partial charge in [0.1, 0.15) is 0 Å². The van der Waals surface area contributed by atoms with Crippen LogP contribution in [-0.4, -0.2) is 16.1 Å². The predicted octanol–water partition coefficient (Wildman–Crippen LogP) is 3.19. The third-order valence-electron chi connectivity index (χ3n) is 1.80. The van der Waals surface area contributed by atoms with E-state index in [1.165, 1.54) is 0 Å². The number of alkyl halides is 3. The third kappa shape index (κ3) is 3.12. The van der Waals surface area contributed by atoms with Crippen LogP contribution >= 0.6 is 27.5 Å². The molecule has 0 spiro atoms. The molecule has 16 heavy (non-hydrogen) atoms. The van der Waals surface area contributed by atoms with E-state index in [0.717, 1.165) is 6.07 Å². The van der Waals surface area contributed by atoms with Crippen molar-refractivity contribution in [2.75, 3.05) is 0 Å². The Labute approximate surface area is 104 Å². The van der Waals surface area contributed by atoms with Crippen molar-refractivity contribution in [1.82, 2.24) is 4.98 Å². The molecule has 0 aliphatic rings. The third-order valence-corrected chi connectivity index (χ3v) is 2.77. The van der Waals surface area contributed by atoms with Crippen molar-refractivity contribution in [1.29, 1.82) is 0 Å². The van der Waals surface area contributed by atoms with Crippen LogP contribution in [0.5, 0.6) is 0 Å². The average molecular weight is 315 g/mol. The molecule has 1 aromatic rings. The van der Waals surface area contributed by atoms with Crippen LogP contribution in [0.4, 0.5) is 8.78 Å². The van der Waals surface area contributed by atoms with Crippen LogP contribution in [0.1, 0.15) is 23.4 Å². The molecule has 0 saturated heterocycles. The molecule has 0 radical (unpaired) electrons. The second-order valence-electron chi connectivity index (χ2n) is 2.97. The molecule has 0 bridgehead atoms. The van der Waals surface area contributed by atoms with E-state index in [9.17, 15) is 13.6 Å². The topological polar surface area (TPSA) is 50.2 Å². The highest BCUT2D eigenvalue weighted by atomic mass is 79.9. The molecular weight excluding hydrogens is 307 g/mol. The van der Waals surface area contributed by atoms with Gasteiger partial charge in [0.25, 0.3) is 6.43 Å². The number of carbonyl (C=O) groups is 1. The SMILES string of the molecule is O=C(O)Cc1cc(C(F)F)c(Cl)c(CBr)n1. The number of aliphatic carboxylic acids is 1. The molecule has 3 nitrogen and oxygen atoms in total. The molecule has 0 aliphatic heterocycles. The summed E-state index contributed by atoms with van der Waals surface area (Å²) in [5.74, 6) is -1.13. The molecule has 1 N–H and O–H groups in total. The summed E-state index contributed by atoms with van der Waals surface area (Å²) in [5, 5.41) is 8.63. The molecule has 7 heteroatoms. The Kier molecular flexibility index (Phi) is 4.61. The Bertz CT molecular complexity index is 415. The van der Waals surface area contributed by atoms with Gasteiger partial charge in [0.2, 0.25) is 0 Å². The van der Waals surface area contributed by atoms with Gasteiger partial charge < -0.3 is 5.11 Å². The lowest BCUT2D eigenvalue weighted by Crippen LogP contribution is -2.06. The first kappa shape index (κ1) is 13.3. The van der Waals surface area contributed by atoms with Gasteiger partial charge in [0, 0.05) is 10.9 Å². The molecule has 1 heterocycles. The highest BCUT2D eigenvalue weighted by molar-refractivity contribution is 9.08. The van der Waals surface area contributed by atoms with Crippen LogP contribution in [-0.2, 0) is 16.5 Å². The lowest BCUT2D eigenvalue weighted by atomic mass is 10.1. The maximum Gasteiger partial charge on any atom is 0.309 e. The summed E-state index contributed by atoms with van der Waals surface area (Å²) in [4.78, 5) is 14.3. The first-order valence-electron chi connectivity index (χ1n) is 4.19. The Morgan fingerprint density at radius 2 is 2.25 bits per heavy atom. The van der Waals surface area contributed by atoms with Crippen LogP contribution in [0.3, 0.4) is 0 Å². The van der Waals surface area contributed by atoms with E-state index in [1.54, 1.807) is 0 Å². The van der Waals surface area contributed by atoms with Gasteiger partial charge in [-0.05, 0) is 6.07 Å². The van der Waals surface area contributed by atoms with E-state index in [4.69, 9.17) is 16.7 Å². The van der Waals surface area contributed by atoms with Crippen molar-refractivity contribution < 1.29 is 18.7 Å². The minimum absolute atomic E-state index is 0.0710. The average Bonchev–Trinajstić information content (AvgIpc) is 2.19. The van der Waals surface area contributed by atoms with Crippen LogP contribution in [0, 0.1) is 0 Å². The fourth-order valence-corrected chi connectivity index (χ4v) is 1.97. The molecule has 0 fully saturated rings. The highest BCUT2D eigenvalue weighted by Gasteiger charge is 2.18. The van der Waals surface area contributed by atoms with Crippen LogP contribution in [0.15, 0.2) is 6.07 Å². The smallest absolute Gasteiger partial charge is 0.309 e. The molecule has 0 unspecified atom stereocenters. The van der Waals surface area contributed by atoms with E-state index in [-0.39, 0.29) is 27.3 Å². The van der Waals surface area contributed by atoms with Gasteiger partial charge in [0.05, 0.1) is 22.8 Å². The van der Waals surface area contributed by atoms with Gasteiger partial charge >= 0.3 is 5.97 Å². The molecule has 0 aliphatic carbocycles. The first-order valence-corrected chi connectivity index (χ1v) is 5.69. The number of nitrogens with zero attached hydrogens (tertiary/aromatic N) is 1. The van der Waals surface area contributed by atoms with Gasteiger partial charge in [0.15, 0.2) is 0 Å². The Hall–Kier alpha value is -0.750. The second kappa shape index (κ2) is 5.54. The summed E-state index contributed by atoms with van der Waals surface area (Å²) >= 11 is 8.75. The Balaban J connectivity index is 3.22. The lowest BCUT2D eigenvalue weighted by molar-refractivity contribution is -0.136. The van der Waals surface area contributed by atoms with Crippen molar-refractivity contribution in [2.45, 2.75) is 18.2 Å². The standard InChI is InChI=1S/C9H7BrClF2NO2/c10-3-6-8(11)5(9(12)13)1-4(14-6)2-7(15)16/h1,9H,2-3H2,(H,15,16). The molecule has 0 amide bonds. The monoisotopic (exact) mass is 313 g/mol. The number of carboxylic acid groups (broad SMARTS) is 1. The van der Waals surface area contributed by atoms with E-state index >= 15 is 0 Å². The molecule has 0 aromatic carbocycles. The lowest BCUT2D eigenvalue weighted by Gasteiger charge is -2.09.